The highest BCUT2D eigenvalue weighted by Gasteiger charge is 2.65. The molecule has 0 bridgehead atoms. The third kappa shape index (κ3) is 1.84. The van der Waals surface area contributed by atoms with Crippen LogP contribution < -0.4 is 0 Å². The highest BCUT2D eigenvalue weighted by Crippen LogP contribution is 2.49. The molecule has 3 aliphatic heterocycles. The Labute approximate surface area is 140 Å². The van der Waals surface area contributed by atoms with E-state index in [9.17, 15) is 9.59 Å². The molecule has 3 atom stereocenters. The van der Waals surface area contributed by atoms with Gasteiger partial charge in [-0.1, -0.05) is 19.0 Å². The first-order valence-corrected chi connectivity index (χ1v) is 8.57. The maximum atomic E-state index is 13.0. The summed E-state index contributed by atoms with van der Waals surface area (Å²) in [5, 5.41) is 3.88. The van der Waals surface area contributed by atoms with Crippen LogP contribution in [0.15, 0.2) is 4.52 Å². The molecule has 7 heteroatoms. The van der Waals surface area contributed by atoms with Gasteiger partial charge in [0.25, 0.3) is 5.91 Å². The smallest absolute Gasteiger partial charge is 0.259 e. The lowest BCUT2D eigenvalue weighted by Crippen LogP contribution is -2.51. The topological polar surface area (TPSA) is 75.9 Å². The van der Waals surface area contributed by atoms with Gasteiger partial charge in [-0.3, -0.25) is 9.59 Å². The first-order chi connectivity index (χ1) is 11.4. The number of nitrogens with zero attached hydrogens (tertiary/aromatic N) is 3. The van der Waals surface area contributed by atoms with Crippen molar-refractivity contribution in [2.75, 3.05) is 13.2 Å². The van der Waals surface area contributed by atoms with Gasteiger partial charge in [0.05, 0.1) is 30.8 Å². The molecule has 4 rings (SSSR count). The molecule has 0 aromatic carbocycles. The van der Waals surface area contributed by atoms with E-state index in [1.165, 1.54) is 0 Å². The largest absolute Gasteiger partial charge is 0.361 e. The van der Waals surface area contributed by atoms with Crippen LogP contribution in [0.25, 0.3) is 0 Å². The van der Waals surface area contributed by atoms with Crippen LogP contribution in [0, 0.1) is 19.8 Å². The van der Waals surface area contributed by atoms with Crippen LogP contribution in [0.5, 0.6) is 0 Å². The molecule has 130 valence electrons. The van der Waals surface area contributed by atoms with Gasteiger partial charge < -0.3 is 19.1 Å². The molecule has 3 saturated heterocycles. The molecule has 0 aliphatic carbocycles. The number of carbonyl (C=O) groups excluding carboxylic acids is 2. The molecule has 1 aromatic rings. The number of likely N-dealkylation sites (tertiary alicyclic amines) is 1. The van der Waals surface area contributed by atoms with Crippen LogP contribution in [0.2, 0.25) is 0 Å². The summed E-state index contributed by atoms with van der Waals surface area (Å²) in [6.45, 7) is 8.86. The standard InChI is InChI=1S/C17H23N3O4/c1-9(2)12-8-23-17-5-6-19(13(17)7-14(21)20(12)17)16(22)15-10(3)18-24-11(15)4/h9,12-13H,5-8H2,1-4H3/t12-,13+,17-/m0/s1. The Morgan fingerprint density at radius 1 is 1.38 bits per heavy atom. The second-order valence-corrected chi connectivity index (χ2v) is 7.40. The fraction of sp³-hybridized carbons (Fsp3) is 0.706. The highest BCUT2D eigenvalue weighted by molar-refractivity contribution is 5.97. The third-order valence-electron chi connectivity index (χ3n) is 5.77. The maximum Gasteiger partial charge on any atom is 0.259 e. The Morgan fingerprint density at radius 3 is 2.75 bits per heavy atom. The molecule has 2 amide bonds. The predicted octanol–water partition coefficient (Wildman–Crippen LogP) is 1.49. The van der Waals surface area contributed by atoms with Crippen molar-refractivity contribution in [3.05, 3.63) is 17.0 Å². The summed E-state index contributed by atoms with van der Waals surface area (Å²) in [4.78, 5) is 29.4. The van der Waals surface area contributed by atoms with Crippen LogP contribution in [-0.2, 0) is 9.53 Å². The molecule has 3 fully saturated rings. The quantitative estimate of drug-likeness (QED) is 0.819. The van der Waals surface area contributed by atoms with Crippen molar-refractivity contribution in [2.45, 2.75) is 58.3 Å². The summed E-state index contributed by atoms with van der Waals surface area (Å²) in [6, 6.07) is -0.133. The van der Waals surface area contributed by atoms with Gasteiger partial charge in [-0.05, 0) is 19.8 Å². The molecule has 7 nitrogen and oxygen atoms in total. The normalized spacial score (nSPS) is 32.0. The Hall–Kier alpha value is -1.89. The van der Waals surface area contributed by atoms with E-state index in [0.717, 1.165) is 0 Å². The fourth-order valence-corrected chi connectivity index (χ4v) is 4.55. The molecule has 0 saturated carbocycles. The minimum absolute atomic E-state index is 0.0902. The minimum atomic E-state index is -0.638. The first kappa shape index (κ1) is 15.6. The molecule has 0 radical (unpaired) electrons. The predicted molar refractivity (Wildman–Crippen MR) is 84.2 cm³/mol. The van der Waals surface area contributed by atoms with Crippen molar-refractivity contribution in [1.29, 1.82) is 0 Å². The average Bonchev–Trinajstić information content (AvgIpc) is 3.21. The number of hydrogen-bond donors (Lipinski definition) is 0. The summed E-state index contributed by atoms with van der Waals surface area (Å²) in [6.07, 6.45) is 1.00. The monoisotopic (exact) mass is 333 g/mol. The van der Waals surface area contributed by atoms with Gasteiger partial charge in [0, 0.05) is 13.0 Å². The van der Waals surface area contributed by atoms with E-state index in [2.05, 4.69) is 19.0 Å². The van der Waals surface area contributed by atoms with Crippen LogP contribution in [0.1, 0.15) is 48.5 Å². The number of aryl methyl sites for hydroxylation is 2. The molecular weight excluding hydrogens is 310 g/mol. The number of carbonyl (C=O) groups is 2. The molecular formula is C17H23N3O4. The number of rotatable bonds is 2. The van der Waals surface area contributed by atoms with Crippen molar-refractivity contribution in [3.8, 4) is 0 Å². The zero-order valence-electron chi connectivity index (χ0n) is 14.5. The third-order valence-corrected chi connectivity index (χ3v) is 5.77. The van der Waals surface area contributed by atoms with E-state index in [4.69, 9.17) is 9.26 Å². The van der Waals surface area contributed by atoms with E-state index in [-0.39, 0.29) is 23.9 Å². The Morgan fingerprint density at radius 2 is 2.12 bits per heavy atom. The Bertz CT molecular complexity index is 693. The lowest BCUT2D eigenvalue weighted by molar-refractivity contribution is -0.139. The zero-order valence-corrected chi connectivity index (χ0v) is 14.5. The lowest BCUT2D eigenvalue weighted by Gasteiger charge is -2.34. The number of amides is 2. The number of aromatic nitrogens is 1. The van der Waals surface area contributed by atoms with E-state index in [0.29, 0.717) is 48.9 Å². The second kappa shape index (κ2) is 5.05. The zero-order chi connectivity index (χ0) is 17.2. The first-order valence-electron chi connectivity index (χ1n) is 8.57. The van der Waals surface area contributed by atoms with Crippen molar-refractivity contribution in [3.63, 3.8) is 0 Å². The molecule has 1 aromatic heterocycles. The number of hydrogen-bond acceptors (Lipinski definition) is 5. The van der Waals surface area contributed by atoms with Gasteiger partial charge in [0.15, 0.2) is 5.72 Å². The van der Waals surface area contributed by atoms with Gasteiger partial charge in [-0.25, -0.2) is 0 Å². The average molecular weight is 333 g/mol. The Balaban J connectivity index is 1.67. The van der Waals surface area contributed by atoms with Crippen LogP contribution >= 0.6 is 0 Å². The van der Waals surface area contributed by atoms with Crippen molar-refractivity contribution in [2.24, 2.45) is 5.92 Å². The molecule has 0 unspecified atom stereocenters. The van der Waals surface area contributed by atoms with Crippen LogP contribution in [0.3, 0.4) is 0 Å². The molecule has 1 spiro atoms. The Kier molecular flexibility index (Phi) is 3.29. The summed E-state index contributed by atoms with van der Waals surface area (Å²) >= 11 is 0. The van der Waals surface area contributed by atoms with Crippen LogP contribution in [-0.4, -0.2) is 57.7 Å². The van der Waals surface area contributed by atoms with Gasteiger partial charge >= 0.3 is 0 Å². The summed E-state index contributed by atoms with van der Waals surface area (Å²) in [5.74, 6) is 0.832. The fourth-order valence-electron chi connectivity index (χ4n) is 4.55. The second-order valence-electron chi connectivity index (χ2n) is 7.40. The van der Waals surface area contributed by atoms with Crippen molar-refractivity contribution in [1.82, 2.24) is 15.0 Å². The van der Waals surface area contributed by atoms with Gasteiger partial charge in [-0.2, -0.15) is 0 Å². The summed E-state index contributed by atoms with van der Waals surface area (Å²) in [5.41, 5.74) is 0.462. The number of ether oxygens (including phenoxy) is 1. The van der Waals surface area contributed by atoms with E-state index in [1.807, 2.05) is 4.90 Å². The maximum absolute atomic E-state index is 13.0. The van der Waals surface area contributed by atoms with Crippen molar-refractivity contribution >= 4 is 11.8 Å². The van der Waals surface area contributed by atoms with E-state index in [1.54, 1.807) is 18.7 Å². The van der Waals surface area contributed by atoms with Gasteiger partial charge in [0.1, 0.15) is 11.3 Å². The minimum Gasteiger partial charge on any atom is -0.361 e. The lowest BCUT2D eigenvalue weighted by atomic mass is 10.0. The molecule has 0 N–H and O–H groups in total. The van der Waals surface area contributed by atoms with Gasteiger partial charge in [0.2, 0.25) is 5.91 Å². The van der Waals surface area contributed by atoms with E-state index < -0.39 is 5.72 Å². The van der Waals surface area contributed by atoms with E-state index >= 15 is 0 Å². The summed E-state index contributed by atoms with van der Waals surface area (Å²) in [7, 11) is 0. The SMILES string of the molecule is Cc1noc(C)c1C(=O)N1CC[C@@]23OC[C@@H](C(C)C)N2C(=O)C[C@@H]13. The molecule has 4 heterocycles. The summed E-state index contributed by atoms with van der Waals surface area (Å²) < 4.78 is 11.3. The van der Waals surface area contributed by atoms with Gasteiger partial charge in [-0.15, -0.1) is 0 Å². The highest BCUT2D eigenvalue weighted by atomic mass is 16.5. The molecule has 24 heavy (non-hydrogen) atoms. The van der Waals surface area contributed by atoms with Crippen LogP contribution in [0.4, 0.5) is 0 Å². The van der Waals surface area contributed by atoms with Crippen molar-refractivity contribution < 1.29 is 18.8 Å². The molecule has 3 aliphatic rings.